The van der Waals surface area contributed by atoms with E-state index in [2.05, 4.69) is 10.6 Å². The van der Waals surface area contributed by atoms with E-state index in [1.165, 1.54) is 38.5 Å². The highest BCUT2D eigenvalue weighted by Gasteiger charge is 2.21. The number of nitrogens with one attached hydrogen (secondary N) is 2. The predicted octanol–water partition coefficient (Wildman–Crippen LogP) is 1.98. The predicted molar refractivity (Wildman–Crippen MR) is 76.1 cm³/mol. The molecule has 1 saturated heterocycles. The number of amides is 1. The molecule has 0 aromatic heterocycles. The number of hydrogen-bond acceptors (Lipinski definition) is 3. The molecule has 1 amide bonds. The molecular formula is C15H28N2O2. The molecule has 19 heavy (non-hydrogen) atoms. The zero-order valence-electron chi connectivity index (χ0n) is 12.0. The average Bonchev–Trinajstić information content (AvgIpc) is 2.73. The summed E-state index contributed by atoms with van der Waals surface area (Å²) in [6, 6.07) is 0.658. The summed E-state index contributed by atoms with van der Waals surface area (Å²) in [4.78, 5) is 11.8. The van der Waals surface area contributed by atoms with Gasteiger partial charge in [-0.2, -0.15) is 0 Å². The van der Waals surface area contributed by atoms with Crippen LogP contribution in [-0.4, -0.2) is 37.7 Å². The number of carbonyl (C=O) groups excluding carboxylic acids is 1. The first-order valence-corrected chi connectivity index (χ1v) is 7.99. The van der Waals surface area contributed by atoms with E-state index in [-0.39, 0.29) is 12.0 Å². The largest absolute Gasteiger partial charge is 0.368 e. The third-order valence-electron chi connectivity index (χ3n) is 4.18. The Labute approximate surface area is 116 Å². The van der Waals surface area contributed by atoms with Crippen molar-refractivity contribution in [2.75, 3.05) is 19.7 Å². The van der Waals surface area contributed by atoms with Crippen LogP contribution < -0.4 is 10.6 Å². The van der Waals surface area contributed by atoms with Gasteiger partial charge in [0, 0.05) is 25.7 Å². The molecule has 1 atom stereocenters. The molecule has 2 rings (SSSR count). The Hall–Kier alpha value is -0.610. The van der Waals surface area contributed by atoms with Crippen LogP contribution in [0.25, 0.3) is 0 Å². The molecule has 0 aromatic carbocycles. The van der Waals surface area contributed by atoms with E-state index < -0.39 is 0 Å². The topological polar surface area (TPSA) is 50.4 Å². The van der Waals surface area contributed by atoms with E-state index in [0.29, 0.717) is 6.04 Å². The molecule has 1 heterocycles. The van der Waals surface area contributed by atoms with E-state index in [1.807, 2.05) is 0 Å². The van der Waals surface area contributed by atoms with Crippen LogP contribution in [0.15, 0.2) is 0 Å². The maximum atomic E-state index is 11.8. The van der Waals surface area contributed by atoms with E-state index >= 15 is 0 Å². The SMILES string of the molecule is O=C(NCCNC1CCCCCC1)C1CCCCO1. The van der Waals surface area contributed by atoms with Crippen LogP contribution in [0, 0.1) is 0 Å². The Morgan fingerprint density at radius 3 is 2.37 bits per heavy atom. The average molecular weight is 268 g/mol. The zero-order valence-corrected chi connectivity index (χ0v) is 12.0. The van der Waals surface area contributed by atoms with Crippen molar-refractivity contribution < 1.29 is 9.53 Å². The van der Waals surface area contributed by atoms with Crippen LogP contribution in [0.5, 0.6) is 0 Å². The zero-order chi connectivity index (χ0) is 13.3. The second-order valence-corrected chi connectivity index (χ2v) is 5.79. The fourth-order valence-electron chi connectivity index (χ4n) is 3.01. The molecule has 0 radical (unpaired) electrons. The number of rotatable bonds is 5. The van der Waals surface area contributed by atoms with Crippen molar-refractivity contribution in [2.45, 2.75) is 69.9 Å². The standard InChI is InChI=1S/C15H28N2O2/c18-15(14-9-5-6-12-19-14)17-11-10-16-13-7-3-1-2-4-8-13/h13-14,16H,1-12H2,(H,17,18). The summed E-state index contributed by atoms with van der Waals surface area (Å²) < 4.78 is 5.47. The van der Waals surface area contributed by atoms with Crippen molar-refractivity contribution in [1.82, 2.24) is 10.6 Å². The van der Waals surface area contributed by atoms with Crippen LogP contribution in [0.2, 0.25) is 0 Å². The molecule has 0 aromatic rings. The van der Waals surface area contributed by atoms with Crippen LogP contribution in [-0.2, 0) is 9.53 Å². The molecule has 4 heteroatoms. The van der Waals surface area contributed by atoms with Crippen LogP contribution in [0.1, 0.15) is 57.8 Å². The van der Waals surface area contributed by atoms with Crippen molar-refractivity contribution in [3.8, 4) is 0 Å². The minimum absolute atomic E-state index is 0.0716. The van der Waals surface area contributed by atoms with E-state index in [4.69, 9.17) is 4.74 Å². The molecular weight excluding hydrogens is 240 g/mol. The first-order chi connectivity index (χ1) is 9.36. The van der Waals surface area contributed by atoms with Crippen LogP contribution in [0.3, 0.4) is 0 Å². The first-order valence-electron chi connectivity index (χ1n) is 7.99. The van der Waals surface area contributed by atoms with E-state index in [9.17, 15) is 4.79 Å². The quantitative estimate of drug-likeness (QED) is 0.592. The molecule has 110 valence electrons. The summed E-state index contributed by atoms with van der Waals surface area (Å²) in [6.07, 6.45) is 10.9. The molecule has 1 saturated carbocycles. The summed E-state index contributed by atoms with van der Waals surface area (Å²) in [5.74, 6) is 0.0716. The second-order valence-electron chi connectivity index (χ2n) is 5.79. The Balaban J connectivity index is 1.54. The molecule has 4 nitrogen and oxygen atoms in total. The molecule has 2 aliphatic rings. The summed E-state index contributed by atoms with van der Waals surface area (Å²) in [6.45, 7) is 2.33. The minimum Gasteiger partial charge on any atom is -0.368 e. The molecule has 2 fully saturated rings. The van der Waals surface area contributed by atoms with E-state index in [1.54, 1.807) is 0 Å². The van der Waals surface area contributed by atoms with Gasteiger partial charge >= 0.3 is 0 Å². The molecule has 1 aliphatic carbocycles. The van der Waals surface area contributed by atoms with Gasteiger partial charge in [0.2, 0.25) is 5.91 Å². The third-order valence-corrected chi connectivity index (χ3v) is 4.18. The van der Waals surface area contributed by atoms with Crippen LogP contribution >= 0.6 is 0 Å². The molecule has 1 aliphatic heterocycles. The van der Waals surface area contributed by atoms with Crippen LogP contribution in [0.4, 0.5) is 0 Å². The van der Waals surface area contributed by atoms with Gasteiger partial charge < -0.3 is 15.4 Å². The van der Waals surface area contributed by atoms with Gasteiger partial charge in [0.15, 0.2) is 0 Å². The molecule has 2 N–H and O–H groups in total. The van der Waals surface area contributed by atoms with Crippen molar-refractivity contribution >= 4 is 5.91 Å². The smallest absolute Gasteiger partial charge is 0.249 e. The summed E-state index contributed by atoms with van der Waals surface area (Å²) in [5, 5.41) is 6.55. The lowest BCUT2D eigenvalue weighted by atomic mass is 10.1. The third kappa shape index (κ3) is 5.49. The second kappa shape index (κ2) is 8.54. The highest BCUT2D eigenvalue weighted by molar-refractivity contribution is 5.80. The fraction of sp³-hybridized carbons (Fsp3) is 0.933. The van der Waals surface area contributed by atoms with Gasteiger partial charge in [0.05, 0.1) is 0 Å². The van der Waals surface area contributed by atoms with Crippen molar-refractivity contribution in [3.63, 3.8) is 0 Å². The first kappa shape index (κ1) is 14.8. The maximum absolute atomic E-state index is 11.8. The minimum atomic E-state index is -0.202. The highest BCUT2D eigenvalue weighted by atomic mass is 16.5. The normalized spacial score (nSPS) is 25.8. The van der Waals surface area contributed by atoms with Gasteiger partial charge in [-0.25, -0.2) is 0 Å². The number of hydrogen-bond donors (Lipinski definition) is 2. The lowest BCUT2D eigenvalue weighted by Crippen LogP contribution is -2.42. The maximum Gasteiger partial charge on any atom is 0.249 e. The van der Waals surface area contributed by atoms with Gasteiger partial charge in [-0.05, 0) is 32.1 Å². The fourth-order valence-corrected chi connectivity index (χ4v) is 3.01. The van der Waals surface area contributed by atoms with Crippen molar-refractivity contribution in [3.05, 3.63) is 0 Å². The highest BCUT2D eigenvalue weighted by Crippen LogP contribution is 2.16. The summed E-state index contributed by atoms with van der Waals surface area (Å²) in [7, 11) is 0. The molecule has 0 spiro atoms. The lowest BCUT2D eigenvalue weighted by Gasteiger charge is -2.22. The molecule has 0 bridgehead atoms. The monoisotopic (exact) mass is 268 g/mol. The molecule has 1 unspecified atom stereocenters. The Morgan fingerprint density at radius 1 is 0.947 bits per heavy atom. The van der Waals surface area contributed by atoms with Gasteiger partial charge in [0.1, 0.15) is 6.10 Å². The Bertz CT molecular complexity index is 257. The lowest BCUT2D eigenvalue weighted by molar-refractivity contribution is -0.135. The van der Waals surface area contributed by atoms with Crippen molar-refractivity contribution in [2.24, 2.45) is 0 Å². The van der Waals surface area contributed by atoms with Gasteiger partial charge in [0.25, 0.3) is 0 Å². The van der Waals surface area contributed by atoms with Crippen molar-refractivity contribution in [1.29, 1.82) is 0 Å². The van der Waals surface area contributed by atoms with Gasteiger partial charge in [-0.1, -0.05) is 25.7 Å². The summed E-state index contributed by atoms with van der Waals surface area (Å²) in [5.41, 5.74) is 0. The Kier molecular flexibility index (Phi) is 6.65. The summed E-state index contributed by atoms with van der Waals surface area (Å²) >= 11 is 0. The number of ether oxygens (including phenoxy) is 1. The number of carbonyl (C=O) groups is 1. The van der Waals surface area contributed by atoms with E-state index in [0.717, 1.165) is 39.0 Å². The van der Waals surface area contributed by atoms with Gasteiger partial charge in [-0.15, -0.1) is 0 Å². The Morgan fingerprint density at radius 2 is 1.68 bits per heavy atom. The van der Waals surface area contributed by atoms with Gasteiger partial charge in [-0.3, -0.25) is 4.79 Å².